The Kier molecular flexibility index (Phi) is 2.30. The number of hydrogen-bond donors (Lipinski definition) is 3. The van der Waals surface area contributed by atoms with E-state index in [0.717, 1.165) is 0 Å². The zero-order valence-electron chi connectivity index (χ0n) is 6.29. The Morgan fingerprint density at radius 2 is 2.27 bits per heavy atom. The lowest BCUT2D eigenvalue weighted by Crippen LogP contribution is -2.41. The second-order valence-corrected chi connectivity index (χ2v) is 2.11. The van der Waals surface area contributed by atoms with Gasteiger partial charge in [-0.2, -0.15) is 0 Å². The van der Waals surface area contributed by atoms with Gasteiger partial charge in [0, 0.05) is 0 Å². The minimum absolute atomic E-state index is 0.159. The minimum atomic E-state index is 0.159. The minimum Gasteiger partial charge on any atom is -0.503 e. The van der Waals surface area contributed by atoms with Crippen molar-refractivity contribution in [2.24, 2.45) is 0 Å². The van der Waals surface area contributed by atoms with Crippen LogP contribution in [0.4, 0.5) is 11.4 Å². The summed E-state index contributed by atoms with van der Waals surface area (Å²) in [5.74, 6) is 0.159. The molecule has 0 heterocycles. The lowest BCUT2D eigenvalue weighted by atomic mass is 10.2. The molecule has 0 aliphatic heterocycles. The van der Waals surface area contributed by atoms with Gasteiger partial charge in [0.1, 0.15) is 5.69 Å². The predicted molar refractivity (Wildman–Crippen MR) is 41.3 cm³/mol. The molecule has 0 spiro atoms. The number of phenols is 1. The lowest BCUT2D eigenvalue weighted by molar-refractivity contribution is -0.255. The number of quaternary nitrogens is 1. The number of aromatic hydroxyl groups is 1. The first-order valence-electron chi connectivity index (χ1n) is 3.18. The average molecular weight is 155 g/mol. The fraction of sp³-hybridized carbons (Fsp3) is 0.143. The van der Waals surface area contributed by atoms with Crippen molar-refractivity contribution in [1.29, 1.82) is 0 Å². The first kappa shape index (κ1) is 7.84. The Hall–Kier alpha value is -1.26. The fourth-order valence-corrected chi connectivity index (χ4v) is 0.780. The van der Waals surface area contributed by atoms with Crippen LogP contribution in [0.2, 0.25) is 0 Å². The SMILES string of the molecule is CONc1cccc(O)c1[NH3+]. The van der Waals surface area contributed by atoms with Crippen molar-refractivity contribution < 1.29 is 15.7 Å². The van der Waals surface area contributed by atoms with Crippen molar-refractivity contribution in [1.82, 2.24) is 0 Å². The van der Waals surface area contributed by atoms with Crippen LogP contribution < -0.4 is 11.2 Å². The average Bonchev–Trinajstić information content (AvgIpc) is 1.99. The van der Waals surface area contributed by atoms with E-state index in [2.05, 4.69) is 16.1 Å². The molecule has 0 amide bonds. The third-order valence-electron chi connectivity index (χ3n) is 1.36. The van der Waals surface area contributed by atoms with E-state index >= 15 is 0 Å². The maximum Gasteiger partial charge on any atom is 0.195 e. The van der Waals surface area contributed by atoms with Crippen LogP contribution in [0.5, 0.6) is 5.75 Å². The van der Waals surface area contributed by atoms with Gasteiger partial charge in [0.25, 0.3) is 0 Å². The van der Waals surface area contributed by atoms with Gasteiger partial charge >= 0.3 is 0 Å². The molecule has 4 nitrogen and oxygen atoms in total. The van der Waals surface area contributed by atoms with E-state index in [1.807, 2.05) is 0 Å². The van der Waals surface area contributed by atoms with E-state index < -0.39 is 0 Å². The van der Waals surface area contributed by atoms with Gasteiger partial charge in [-0.3, -0.25) is 10.3 Å². The molecule has 0 saturated carbocycles. The maximum atomic E-state index is 9.17. The van der Waals surface area contributed by atoms with Crippen LogP contribution in [0, 0.1) is 0 Å². The van der Waals surface area contributed by atoms with Gasteiger partial charge < -0.3 is 10.8 Å². The van der Waals surface area contributed by atoms with Crippen molar-refractivity contribution in [3.63, 3.8) is 0 Å². The molecular formula is C7H11N2O2+. The lowest BCUT2D eigenvalue weighted by Gasteiger charge is -2.03. The Morgan fingerprint density at radius 3 is 2.91 bits per heavy atom. The molecule has 5 N–H and O–H groups in total. The molecular weight excluding hydrogens is 144 g/mol. The van der Waals surface area contributed by atoms with Crippen LogP contribution in [-0.2, 0) is 4.84 Å². The van der Waals surface area contributed by atoms with Crippen LogP contribution in [0.1, 0.15) is 0 Å². The molecule has 1 aromatic rings. The van der Waals surface area contributed by atoms with Crippen molar-refractivity contribution in [2.45, 2.75) is 0 Å². The van der Waals surface area contributed by atoms with Gasteiger partial charge in [0.05, 0.1) is 7.11 Å². The van der Waals surface area contributed by atoms with Crippen LogP contribution in [0.25, 0.3) is 0 Å². The Balaban J connectivity index is 2.96. The summed E-state index contributed by atoms with van der Waals surface area (Å²) in [7, 11) is 1.50. The monoisotopic (exact) mass is 155 g/mol. The van der Waals surface area contributed by atoms with Crippen LogP contribution in [0.3, 0.4) is 0 Å². The van der Waals surface area contributed by atoms with Crippen LogP contribution in [-0.4, -0.2) is 12.2 Å². The molecule has 0 aliphatic rings. The largest absolute Gasteiger partial charge is 0.503 e. The topological polar surface area (TPSA) is 69.1 Å². The molecule has 60 valence electrons. The van der Waals surface area contributed by atoms with Gasteiger partial charge in [-0.1, -0.05) is 6.07 Å². The highest BCUT2D eigenvalue weighted by Crippen LogP contribution is 2.25. The summed E-state index contributed by atoms with van der Waals surface area (Å²) in [6, 6.07) is 5.06. The number of benzene rings is 1. The highest BCUT2D eigenvalue weighted by Gasteiger charge is 2.05. The fourth-order valence-electron chi connectivity index (χ4n) is 0.780. The van der Waals surface area contributed by atoms with Gasteiger partial charge in [0.2, 0.25) is 0 Å². The standard InChI is InChI=1S/C7H10N2O2/c1-11-9-5-3-2-4-6(10)7(5)8/h2-4,9-10H,8H2,1H3/p+1. The van der Waals surface area contributed by atoms with Crippen LogP contribution in [0.15, 0.2) is 18.2 Å². The van der Waals surface area contributed by atoms with Crippen molar-refractivity contribution in [3.05, 3.63) is 18.2 Å². The van der Waals surface area contributed by atoms with E-state index in [0.29, 0.717) is 11.4 Å². The maximum absolute atomic E-state index is 9.17. The summed E-state index contributed by atoms with van der Waals surface area (Å²) in [6.07, 6.45) is 0. The highest BCUT2D eigenvalue weighted by atomic mass is 16.6. The molecule has 1 rings (SSSR count). The van der Waals surface area contributed by atoms with E-state index in [1.54, 1.807) is 18.2 Å². The van der Waals surface area contributed by atoms with E-state index in [4.69, 9.17) is 5.11 Å². The van der Waals surface area contributed by atoms with E-state index in [9.17, 15) is 0 Å². The van der Waals surface area contributed by atoms with E-state index in [-0.39, 0.29) is 5.75 Å². The first-order chi connectivity index (χ1) is 5.25. The third-order valence-corrected chi connectivity index (χ3v) is 1.36. The molecule has 0 atom stereocenters. The smallest absolute Gasteiger partial charge is 0.195 e. The number of hydrogen-bond acceptors (Lipinski definition) is 3. The summed E-state index contributed by atoms with van der Waals surface area (Å²) >= 11 is 0. The second kappa shape index (κ2) is 3.23. The Labute approximate surface area is 64.5 Å². The molecule has 0 fully saturated rings. The number of phenolic OH excluding ortho intramolecular Hbond substituents is 1. The zero-order valence-corrected chi connectivity index (χ0v) is 6.29. The highest BCUT2D eigenvalue weighted by molar-refractivity contribution is 5.65. The number of rotatable bonds is 2. The summed E-state index contributed by atoms with van der Waals surface area (Å²) in [5.41, 5.74) is 7.45. The summed E-state index contributed by atoms with van der Waals surface area (Å²) in [6.45, 7) is 0. The van der Waals surface area contributed by atoms with Gasteiger partial charge in [-0.25, -0.2) is 0 Å². The van der Waals surface area contributed by atoms with E-state index in [1.165, 1.54) is 7.11 Å². The number of nitrogens with one attached hydrogen (secondary N) is 1. The van der Waals surface area contributed by atoms with Crippen molar-refractivity contribution in [2.75, 3.05) is 12.6 Å². The van der Waals surface area contributed by atoms with Crippen molar-refractivity contribution in [3.8, 4) is 5.75 Å². The predicted octanol–water partition coefficient (Wildman–Crippen LogP) is 0.239. The van der Waals surface area contributed by atoms with Gasteiger partial charge in [-0.15, -0.1) is 0 Å². The Morgan fingerprint density at radius 1 is 1.55 bits per heavy atom. The molecule has 0 radical (unpaired) electrons. The molecule has 0 unspecified atom stereocenters. The molecule has 0 aliphatic carbocycles. The molecule has 4 heteroatoms. The summed E-state index contributed by atoms with van der Waals surface area (Å²) in [4.78, 5) is 4.66. The molecule has 0 bridgehead atoms. The number of anilines is 1. The van der Waals surface area contributed by atoms with Crippen molar-refractivity contribution >= 4 is 11.4 Å². The normalized spacial score (nSPS) is 9.64. The second-order valence-electron chi connectivity index (χ2n) is 2.11. The molecule has 1 aromatic carbocycles. The zero-order chi connectivity index (χ0) is 8.27. The van der Waals surface area contributed by atoms with Gasteiger partial charge in [0.15, 0.2) is 11.4 Å². The summed E-state index contributed by atoms with van der Waals surface area (Å²) in [5, 5.41) is 9.17. The molecule has 0 aromatic heterocycles. The van der Waals surface area contributed by atoms with Crippen LogP contribution >= 0.6 is 0 Å². The molecule has 0 saturated heterocycles. The quantitative estimate of drug-likeness (QED) is 0.536. The first-order valence-corrected chi connectivity index (χ1v) is 3.18. The molecule has 11 heavy (non-hydrogen) atoms. The Bertz CT molecular complexity index is 250. The summed E-state index contributed by atoms with van der Waals surface area (Å²) < 4.78 is 0. The third kappa shape index (κ3) is 1.60. The van der Waals surface area contributed by atoms with Gasteiger partial charge in [-0.05, 0) is 12.1 Å².